The Hall–Kier alpha value is -1.11. The Morgan fingerprint density at radius 2 is 2.43 bits per heavy atom. The van der Waals surface area contributed by atoms with Crippen LogP contribution in [0.25, 0.3) is 0 Å². The molecular formula is C10H11ClN2O. The summed E-state index contributed by atoms with van der Waals surface area (Å²) in [6, 6.07) is 3.57. The summed E-state index contributed by atoms with van der Waals surface area (Å²) in [4.78, 5) is 4.09. The highest BCUT2D eigenvalue weighted by atomic mass is 35.5. The maximum atomic E-state index is 8.62. The number of hydrogen-bond acceptors (Lipinski definition) is 3. The van der Waals surface area contributed by atoms with Crippen molar-refractivity contribution in [1.82, 2.24) is 4.98 Å². The molecule has 74 valence electrons. The lowest BCUT2D eigenvalue weighted by molar-refractivity contribution is 0.0734. The van der Waals surface area contributed by atoms with Crippen molar-refractivity contribution in [2.24, 2.45) is 0 Å². The van der Waals surface area contributed by atoms with Gasteiger partial charge in [-0.2, -0.15) is 5.26 Å². The van der Waals surface area contributed by atoms with Gasteiger partial charge in [0.1, 0.15) is 6.07 Å². The summed E-state index contributed by atoms with van der Waals surface area (Å²) in [5.41, 5.74) is 1.13. The van der Waals surface area contributed by atoms with Crippen molar-refractivity contribution < 1.29 is 4.74 Å². The molecule has 3 nitrogen and oxygen atoms in total. The minimum Gasteiger partial charge on any atom is -0.372 e. The summed E-state index contributed by atoms with van der Waals surface area (Å²) in [7, 11) is 0. The molecule has 1 aromatic rings. The molecular weight excluding hydrogens is 200 g/mol. The third-order valence-electron chi connectivity index (χ3n) is 1.80. The number of nitrogens with zero attached hydrogens (tertiary/aromatic N) is 2. The molecule has 0 saturated heterocycles. The summed E-state index contributed by atoms with van der Waals surface area (Å²) >= 11 is 5.95. The monoisotopic (exact) mass is 210 g/mol. The average Bonchev–Trinajstić information content (AvgIpc) is 2.17. The molecule has 0 aromatic carbocycles. The molecule has 0 amide bonds. The molecule has 0 N–H and O–H groups in total. The second-order valence-electron chi connectivity index (χ2n) is 2.80. The van der Waals surface area contributed by atoms with Crippen LogP contribution < -0.4 is 0 Å². The summed E-state index contributed by atoms with van der Waals surface area (Å²) in [5.74, 6) is 0. The summed E-state index contributed by atoms with van der Waals surface area (Å²) in [5, 5.41) is 9.09. The normalized spacial score (nSPS) is 12.1. The van der Waals surface area contributed by atoms with E-state index in [0.717, 1.165) is 0 Å². The van der Waals surface area contributed by atoms with Crippen LogP contribution in [0.15, 0.2) is 12.3 Å². The molecule has 0 aliphatic rings. The van der Waals surface area contributed by atoms with Gasteiger partial charge in [-0.05, 0) is 19.9 Å². The van der Waals surface area contributed by atoms with Gasteiger partial charge in [0.25, 0.3) is 0 Å². The number of ether oxygens (including phenoxy) is 1. The van der Waals surface area contributed by atoms with E-state index >= 15 is 0 Å². The van der Waals surface area contributed by atoms with Crippen LogP contribution in [0.1, 0.15) is 31.2 Å². The molecule has 0 saturated carbocycles. The van der Waals surface area contributed by atoms with Crippen molar-refractivity contribution in [3.63, 3.8) is 0 Å². The topological polar surface area (TPSA) is 45.9 Å². The fourth-order valence-electron chi connectivity index (χ4n) is 1.14. The summed E-state index contributed by atoms with van der Waals surface area (Å²) in [6.45, 7) is 4.40. The van der Waals surface area contributed by atoms with E-state index in [0.29, 0.717) is 22.9 Å². The minimum atomic E-state index is -0.139. The van der Waals surface area contributed by atoms with Gasteiger partial charge in [-0.3, -0.25) is 4.98 Å². The number of aromatic nitrogens is 1. The first-order chi connectivity index (χ1) is 6.69. The first-order valence-corrected chi connectivity index (χ1v) is 4.74. The van der Waals surface area contributed by atoms with E-state index in [4.69, 9.17) is 21.6 Å². The van der Waals surface area contributed by atoms with Gasteiger partial charge in [0.05, 0.1) is 22.4 Å². The molecule has 0 aliphatic carbocycles. The van der Waals surface area contributed by atoms with E-state index in [-0.39, 0.29) is 6.10 Å². The lowest BCUT2D eigenvalue weighted by Crippen LogP contribution is -2.03. The van der Waals surface area contributed by atoms with Crippen LogP contribution in [-0.2, 0) is 4.74 Å². The Morgan fingerprint density at radius 3 is 2.93 bits per heavy atom. The summed E-state index contributed by atoms with van der Waals surface area (Å²) < 4.78 is 5.35. The van der Waals surface area contributed by atoms with Crippen molar-refractivity contribution in [3.05, 3.63) is 28.5 Å². The Balaban J connectivity index is 2.95. The molecule has 0 radical (unpaired) electrons. The first kappa shape index (κ1) is 11.0. The molecule has 1 atom stereocenters. The van der Waals surface area contributed by atoms with Gasteiger partial charge in [-0.25, -0.2) is 0 Å². The van der Waals surface area contributed by atoms with Gasteiger partial charge < -0.3 is 4.74 Å². The van der Waals surface area contributed by atoms with Gasteiger partial charge >= 0.3 is 0 Å². The lowest BCUT2D eigenvalue weighted by Gasteiger charge is -2.12. The Labute approximate surface area is 88.3 Å². The number of rotatable bonds is 3. The van der Waals surface area contributed by atoms with Crippen molar-refractivity contribution in [1.29, 1.82) is 5.26 Å². The van der Waals surface area contributed by atoms with Gasteiger partial charge in [0, 0.05) is 12.8 Å². The van der Waals surface area contributed by atoms with Crippen molar-refractivity contribution in [2.45, 2.75) is 20.0 Å². The second-order valence-corrected chi connectivity index (χ2v) is 3.21. The van der Waals surface area contributed by atoms with Crippen molar-refractivity contribution >= 4 is 11.6 Å². The molecule has 0 fully saturated rings. The fraction of sp³-hybridized carbons (Fsp3) is 0.400. The molecule has 0 spiro atoms. The quantitative estimate of drug-likeness (QED) is 0.771. The number of pyridine rings is 1. The maximum absolute atomic E-state index is 8.62. The molecule has 0 unspecified atom stereocenters. The van der Waals surface area contributed by atoms with E-state index in [1.807, 2.05) is 19.9 Å². The number of nitriles is 1. The van der Waals surface area contributed by atoms with Crippen LogP contribution in [0.2, 0.25) is 5.02 Å². The van der Waals surface area contributed by atoms with E-state index in [2.05, 4.69) is 4.98 Å². The lowest BCUT2D eigenvalue weighted by atomic mass is 10.2. The van der Waals surface area contributed by atoms with Crippen molar-refractivity contribution in [3.8, 4) is 6.07 Å². The zero-order valence-electron chi connectivity index (χ0n) is 8.12. The highest BCUT2D eigenvalue weighted by Gasteiger charge is 2.11. The standard InChI is InChI=1S/C10H11ClN2O/c1-3-14-7(2)10-9(11)4-8(5-12)6-13-10/h4,6-7H,3H2,1-2H3/t7-/m0/s1. The smallest absolute Gasteiger partial charge is 0.101 e. The maximum Gasteiger partial charge on any atom is 0.101 e. The predicted octanol–water partition coefficient (Wildman–Crippen LogP) is 2.70. The minimum absolute atomic E-state index is 0.139. The zero-order chi connectivity index (χ0) is 10.6. The molecule has 0 aliphatic heterocycles. The van der Waals surface area contributed by atoms with Crippen LogP contribution in [0, 0.1) is 11.3 Å². The van der Waals surface area contributed by atoms with E-state index in [1.165, 1.54) is 6.20 Å². The van der Waals surface area contributed by atoms with E-state index in [1.54, 1.807) is 6.07 Å². The molecule has 1 rings (SSSR count). The Kier molecular flexibility index (Phi) is 3.87. The molecule has 1 heterocycles. The van der Waals surface area contributed by atoms with Crippen LogP contribution in [-0.4, -0.2) is 11.6 Å². The van der Waals surface area contributed by atoms with E-state index < -0.39 is 0 Å². The van der Waals surface area contributed by atoms with E-state index in [9.17, 15) is 0 Å². The van der Waals surface area contributed by atoms with Gasteiger partial charge in [-0.1, -0.05) is 11.6 Å². The highest BCUT2D eigenvalue weighted by molar-refractivity contribution is 6.31. The highest BCUT2D eigenvalue weighted by Crippen LogP contribution is 2.23. The second kappa shape index (κ2) is 4.94. The molecule has 0 bridgehead atoms. The Bertz CT molecular complexity index is 360. The van der Waals surface area contributed by atoms with Crippen LogP contribution in [0.4, 0.5) is 0 Å². The van der Waals surface area contributed by atoms with Crippen LogP contribution >= 0.6 is 11.6 Å². The molecule has 4 heteroatoms. The third kappa shape index (κ3) is 2.44. The third-order valence-corrected chi connectivity index (χ3v) is 2.10. The zero-order valence-corrected chi connectivity index (χ0v) is 8.88. The van der Waals surface area contributed by atoms with Gasteiger partial charge in [-0.15, -0.1) is 0 Å². The molecule has 14 heavy (non-hydrogen) atoms. The predicted molar refractivity (Wildman–Crippen MR) is 54.0 cm³/mol. The average molecular weight is 211 g/mol. The van der Waals surface area contributed by atoms with Crippen LogP contribution in [0.5, 0.6) is 0 Å². The van der Waals surface area contributed by atoms with Crippen LogP contribution in [0.3, 0.4) is 0 Å². The van der Waals surface area contributed by atoms with Gasteiger partial charge in [0.2, 0.25) is 0 Å². The largest absolute Gasteiger partial charge is 0.372 e. The van der Waals surface area contributed by atoms with Gasteiger partial charge in [0.15, 0.2) is 0 Å². The number of halogens is 1. The number of hydrogen-bond donors (Lipinski definition) is 0. The first-order valence-electron chi connectivity index (χ1n) is 4.36. The van der Waals surface area contributed by atoms with Crippen molar-refractivity contribution in [2.75, 3.05) is 6.61 Å². The molecule has 1 aromatic heterocycles. The fourth-order valence-corrected chi connectivity index (χ4v) is 1.46. The summed E-state index contributed by atoms with van der Waals surface area (Å²) in [6.07, 6.45) is 1.36. The SMILES string of the molecule is CCO[C@@H](C)c1ncc(C#N)cc1Cl. The Morgan fingerprint density at radius 1 is 1.71 bits per heavy atom.